The summed E-state index contributed by atoms with van der Waals surface area (Å²) in [7, 11) is -4.64. The Labute approximate surface area is 90.8 Å². The second-order valence-corrected chi connectivity index (χ2v) is 3.84. The minimum Gasteiger partial charge on any atom is -0.394 e. The molecule has 16 heavy (non-hydrogen) atoms. The van der Waals surface area contributed by atoms with Gasteiger partial charge in [0, 0.05) is 0 Å². The van der Waals surface area contributed by atoms with Gasteiger partial charge in [-0.3, -0.25) is 4.79 Å². The Hall–Kier alpha value is -0.380. The molecule has 0 spiro atoms. The molecule has 0 bridgehead atoms. The third kappa shape index (κ3) is 11.7. The van der Waals surface area contributed by atoms with Gasteiger partial charge in [-0.05, 0) is 6.92 Å². The molecule has 7 N–H and O–H groups in total. The van der Waals surface area contributed by atoms with Gasteiger partial charge in [-0.1, -0.05) is 0 Å². The van der Waals surface area contributed by atoms with Crippen molar-refractivity contribution in [1.82, 2.24) is 0 Å². The zero-order valence-corrected chi connectivity index (χ0v) is 9.23. The van der Waals surface area contributed by atoms with Gasteiger partial charge < -0.3 is 35.1 Å². The fourth-order valence-electron chi connectivity index (χ4n) is 0.559. The number of ketones is 1. The largest absolute Gasteiger partial charge is 0.466 e. The van der Waals surface area contributed by atoms with Crippen molar-refractivity contribution < 1.29 is 44.5 Å². The molecule has 0 aliphatic carbocycles. The number of aliphatic hydroxyl groups is 4. The predicted octanol–water partition coefficient (Wildman–Crippen LogP) is -3.28. The van der Waals surface area contributed by atoms with Crippen molar-refractivity contribution in [2.45, 2.75) is 25.2 Å². The number of hydrogen-bond acceptors (Lipinski definition) is 6. The summed E-state index contributed by atoms with van der Waals surface area (Å²) in [6, 6.07) is 0. The average molecular weight is 262 g/mol. The van der Waals surface area contributed by atoms with Gasteiger partial charge in [0.25, 0.3) is 0 Å². The Bertz CT molecular complexity index is 240. The molecule has 10 heteroatoms. The summed E-state index contributed by atoms with van der Waals surface area (Å²) in [5, 5.41) is 34.7. The maximum atomic E-state index is 10.4. The minimum atomic E-state index is -4.64. The van der Waals surface area contributed by atoms with Crippen LogP contribution in [0.5, 0.6) is 0 Å². The molecule has 0 fully saturated rings. The lowest BCUT2D eigenvalue weighted by molar-refractivity contribution is -0.137. The number of Topliss-reactive ketones (excluding diaryl/α,β-unsaturated/α-hetero) is 1. The summed E-state index contributed by atoms with van der Waals surface area (Å²) < 4.78 is 8.88. The van der Waals surface area contributed by atoms with Crippen molar-refractivity contribution in [1.29, 1.82) is 0 Å². The Morgan fingerprint density at radius 1 is 1.19 bits per heavy atom. The second kappa shape index (κ2) is 7.82. The average Bonchev–Trinajstić information content (AvgIpc) is 2.11. The molecule has 0 aliphatic rings. The van der Waals surface area contributed by atoms with Crippen LogP contribution in [0.3, 0.4) is 0 Å². The number of rotatable bonds is 4. The molecule has 0 saturated heterocycles. The third-order valence-electron chi connectivity index (χ3n) is 1.32. The van der Waals surface area contributed by atoms with Gasteiger partial charge in [-0.25, -0.2) is 4.57 Å². The van der Waals surface area contributed by atoms with Gasteiger partial charge >= 0.3 is 7.82 Å². The van der Waals surface area contributed by atoms with Crippen molar-refractivity contribution >= 4 is 13.6 Å². The molecule has 0 unspecified atom stereocenters. The Kier molecular flexibility index (Phi) is 8.80. The summed E-state index contributed by atoms with van der Waals surface area (Å²) in [6.45, 7) is 0.392. The smallest absolute Gasteiger partial charge is 0.394 e. The highest BCUT2D eigenvalue weighted by Gasteiger charge is 2.26. The molecule has 0 saturated carbocycles. The fourth-order valence-corrected chi connectivity index (χ4v) is 0.559. The van der Waals surface area contributed by atoms with E-state index < -0.39 is 38.5 Å². The van der Waals surface area contributed by atoms with Crippen LogP contribution in [0.2, 0.25) is 0 Å². The van der Waals surface area contributed by atoms with Gasteiger partial charge in [-0.15, -0.1) is 0 Å². The van der Waals surface area contributed by atoms with Crippen molar-refractivity contribution in [2.75, 3.05) is 6.61 Å². The van der Waals surface area contributed by atoms with Crippen LogP contribution < -0.4 is 0 Å². The van der Waals surface area contributed by atoms with E-state index in [-0.39, 0.29) is 0 Å². The first-order chi connectivity index (χ1) is 7.00. The standard InChI is InChI=1S/C6H12O5.H3O4P/c1-3(8)5(10)6(11)4(9)2-7;1-5(2,3)4/h4-7,9-11H,2H2,1H3;(H3,1,2,3,4)/t4-,5-,6-;/m1./s1. The number of hydrogen-bond donors (Lipinski definition) is 7. The molecule has 0 heterocycles. The maximum Gasteiger partial charge on any atom is 0.466 e. The highest BCUT2D eigenvalue weighted by atomic mass is 31.2. The Balaban J connectivity index is 0. The van der Waals surface area contributed by atoms with Crippen LogP contribution in [0.15, 0.2) is 0 Å². The lowest BCUT2D eigenvalue weighted by atomic mass is 10.1. The van der Waals surface area contributed by atoms with Crippen LogP contribution in [0.1, 0.15) is 6.92 Å². The molecule has 0 aromatic rings. The molecule has 0 aliphatic heterocycles. The van der Waals surface area contributed by atoms with Crippen LogP contribution in [-0.2, 0) is 9.36 Å². The minimum absolute atomic E-state index is 0.648. The summed E-state index contributed by atoms with van der Waals surface area (Å²) in [5.41, 5.74) is 0. The zero-order valence-electron chi connectivity index (χ0n) is 8.33. The van der Waals surface area contributed by atoms with Gasteiger partial charge in [0.15, 0.2) is 5.78 Å². The highest BCUT2D eigenvalue weighted by Crippen LogP contribution is 2.25. The number of carbonyl (C=O) groups is 1. The number of aliphatic hydroxyl groups excluding tert-OH is 4. The van der Waals surface area contributed by atoms with Gasteiger partial charge in [0.1, 0.15) is 18.3 Å². The topological polar surface area (TPSA) is 176 Å². The maximum absolute atomic E-state index is 10.4. The number of phosphoric acid groups is 1. The summed E-state index contributed by atoms with van der Waals surface area (Å²) in [6.07, 6.45) is -4.72. The quantitative estimate of drug-likeness (QED) is 0.256. The van der Waals surface area contributed by atoms with Crippen LogP contribution in [0, 0.1) is 0 Å². The first-order valence-electron chi connectivity index (χ1n) is 3.94. The molecule has 9 nitrogen and oxygen atoms in total. The molecule has 0 radical (unpaired) electrons. The molecular formula is C6H15O9P. The van der Waals surface area contributed by atoms with Gasteiger partial charge in [0.05, 0.1) is 6.61 Å². The van der Waals surface area contributed by atoms with Crippen LogP contribution in [0.4, 0.5) is 0 Å². The van der Waals surface area contributed by atoms with E-state index in [0.717, 1.165) is 6.92 Å². The van der Waals surface area contributed by atoms with Gasteiger partial charge in [-0.2, -0.15) is 0 Å². The Morgan fingerprint density at radius 2 is 1.50 bits per heavy atom. The predicted molar refractivity (Wildman–Crippen MR) is 50.1 cm³/mol. The first-order valence-corrected chi connectivity index (χ1v) is 5.51. The van der Waals surface area contributed by atoms with Gasteiger partial charge in [0.2, 0.25) is 0 Å². The molecular weight excluding hydrogens is 247 g/mol. The lowest BCUT2D eigenvalue weighted by Gasteiger charge is -2.18. The SMILES string of the molecule is CC(=O)[C@@H](O)[C@H](O)[C@H](O)CO.O=P(O)(O)O. The number of carbonyl (C=O) groups excluding carboxylic acids is 1. The van der Waals surface area contributed by atoms with E-state index in [0.29, 0.717) is 0 Å². The molecule has 0 rings (SSSR count). The van der Waals surface area contributed by atoms with Crippen LogP contribution >= 0.6 is 7.82 Å². The van der Waals surface area contributed by atoms with Crippen LogP contribution in [-0.4, -0.2) is 65.8 Å². The van der Waals surface area contributed by atoms with Crippen molar-refractivity contribution in [3.63, 3.8) is 0 Å². The zero-order chi connectivity index (χ0) is 13.5. The van der Waals surface area contributed by atoms with Crippen LogP contribution in [0.25, 0.3) is 0 Å². The van der Waals surface area contributed by atoms with E-state index in [9.17, 15) is 4.79 Å². The van der Waals surface area contributed by atoms with E-state index in [1.807, 2.05) is 0 Å². The molecule has 98 valence electrons. The third-order valence-corrected chi connectivity index (χ3v) is 1.32. The van der Waals surface area contributed by atoms with Crippen molar-refractivity contribution in [3.8, 4) is 0 Å². The molecule has 3 atom stereocenters. The molecule has 0 aromatic heterocycles. The molecule has 0 amide bonds. The lowest BCUT2D eigenvalue weighted by Crippen LogP contribution is -2.42. The molecule has 0 aromatic carbocycles. The van der Waals surface area contributed by atoms with E-state index >= 15 is 0 Å². The second-order valence-electron chi connectivity index (χ2n) is 2.81. The highest BCUT2D eigenvalue weighted by molar-refractivity contribution is 7.45. The fraction of sp³-hybridized carbons (Fsp3) is 0.833. The van der Waals surface area contributed by atoms with E-state index in [4.69, 9.17) is 39.7 Å². The monoisotopic (exact) mass is 262 g/mol. The van der Waals surface area contributed by atoms with E-state index in [2.05, 4.69) is 0 Å². The summed E-state index contributed by atoms with van der Waals surface area (Å²) in [4.78, 5) is 32.0. The summed E-state index contributed by atoms with van der Waals surface area (Å²) in [5.74, 6) is -0.648. The van der Waals surface area contributed by atoms with E-state index in [1.165, 1.54) is 0 Å². The first kappa shape index (κ1) is 18.0. The van der Waals surface area contributed by atoms with E-state index in [1.54, 1.807) is 0 Å². The van der Waals surface area contributed by atoms with Crippen molar-refractivity contribution in [3.05, 3.63) is 0 Å². The summed E-state index contributed by atoms with van der Waals surface area (Å²) >= 11 is 0. The van der Waals surface area contributed by atoms with Crippen molar-refractivity contribution in [2.24, 2.45) is 0 Å². The normalized spacial score (nSPS) is 16.8. The Morgan fingerprint density at radius 3 is 1.69 bits per heavy atom.